The van der Waals surface area contributed by atoms with Crippen molar-refractivity contribution in [3.8, 4) is 0 Å². The highest BCUT2D eigenvalue weighted by Crippen LogP contribution is 2.37. The van der Waals surface area contributed by atoms with Crippen molar-refractivity contribution in [2.75, 3.05) is 5.73 Å². The molecule has 0 spiro atoms. The zero-order chi connectivity index (χ0) is 14.3. The molecule has 1 aliphatic rings. The minimum atomic E-state index is -3.55. The Morgan fingerprint density at radius 3 is 2.32 bits per heavy atom. The number of benzene rings is 1. The van der Waals surface area contributed by atoms with Crippen LogP contribution in [0.4, 0.5) is 5.69 Å². The van der Waals surface area contributed by atoms with E-state index in [1.54, 1.807) is 13.0 Å². The molecule has 1 fully saturated rings. The van der Waals surface area contributed by atoms with Crippen molar-refractivity contribution in [1.29, 1.82) is 0 Å². The lowest BCUT2D eigenvalue weighted by Crippen LogP contribution is -2.53. The maximum atomic E-state index is 12.6. The van der Waals surface area contributed by atoms with E-state index in [2.05, 4.69) is 4.72 Å². The van der Waals surface area contributed by atoms with E-state index in [1.165, 1.54) is 0 Å². The smallest absolute Gasteiger partial charge is 0.243 e. The van der Waals surface area contributed by atoms with Crippen LogP contribution < -0.4 is 10.5 Å². The van der Waals surface area contributed by atoms with Crippen molar-refractivity contribution in [3.63, 3.8) is 0 Å². The zero-order valence-corrected chi connectivity index (χ0v) is 12.6. The van der Waals surface area contributed by atoms with Gasteiger partial charge in [0.25, 0.3) is 0 Å². The molecule has 19 heavy (non-hydrogen) atoms. The van der Waals surface area contributed by atoms with Gasteiger partial charge in [-0.2, -0.15) is 0 Å². The maximum Gasteiger partial charge on any atom is 0.243 e. The van der Waals surface area contributed by atoms with E-state index in [-0.39, 0.29) is 10.4 Å². The number of nitrogen functional groups attached to an aromatic ring is 1. The Kier molecular flexibility index (Phi) is 3.62. The SMILES string of the molecule is CCC1(NS(=O)(=O)c2c(C)ccc(C)c2N)CCC1. The van der Waals surface area contributed by atoms with Crippen LogP contribution in [0, 0.1) is 13.8 Å². The van der Waals surface area contributed by atoms with Crippen molar-refractivity contribution in [2.45, 2.75) is 56.9 Å². The van der Waals surface area contributed by atoms with Crippen LogP contribution in [0.1, 0.15) is 43.7 Å². The molecule has 1 saturated carbocycles. The first-order valence-electron chi connectivity index (χ1n) is 6.71. The van der Waals surface area contributed by atoms with Crippen LogP contribution in [0.25, 0.3) is 0 Å². The summed E-state index contributed by atoms with van der Waals surface area (Å²) in [5.41, 5.74) is 7.56. The van der Waals surface area contributed by atoms with E-state index < -0.39 is 10.0 Å². The summed E-state index contributed by atoms with van der Waals surface area (Å²) < 4.78 is 28.1. The average Bonchev–Trinajstić information content (AvgIpc) is 2.29. The first-order valence-corrected chi connectivity index (χ1v) is 8.19. The Morgan fingerprint density at radius 1 is 1.26 bits per heavy atom. The standard InChI is InChI=1S/C14H22N2O2S/c1-4-14(8-5-9-14)16-19(17,18)13-11(3)7-6-10(2)12(13)15/h6-7,16H,4-5,8-9,15H2,1-3H3. The summed E-state index contributed by atoms with van der Waals surface area (Å²) in [6.07, 6.45) is 3.72. The normalized spacial score (nSPS) is 18.1. The van der Waals surface area contributed by atoms with Crippen LogP contribution in [0.2, 0.25) is 0 Å². The highest BCUT2D eigenvalue weighted by Gasteiger charge is 2.39. The molecule has 3 N–H and O–H groups in total. The van der Waals surface area contributed by atoms with Gasteiger partial charge in [-0.1, -0.05) is 19.1 Å². The molecule has 1 aliphatic carbocycles. The van der Waals surface area contributed by atoms with E-state index in [1.807, 2.05) is 19.9 Å². The lowest BCUT2D eigenvalue weighted by atomic mass is 9.76. The topological polar surface area (TPSA) is 72.2 Å². The second-order valence-corrected chi connectivity index (χ2v) is 7.15. The predicted molar refractivity (Wildman–Crippen MR) is 77.5 cm³/mol. The predicted octanol–water partition coefficient (Wildman–Crippen LogP) is 2.50. The Bertz CT molecular complexity index is 584. The molecule has 0 aromatic heterocycles. The first kappa shape index (κ1) is 14.3. The third-order valence-electron chi connectivity index (χ3n) is 4.22. The minimum absolute atomic E-state index is 0.243. The second-order valence-electron chi connectivity index (χ2n) is 5.54. The molecular formula is C14H22N2O2S. The number of sulfonamides is 1. The molecule has 5 heteroatoms. The van der Waals surface area contributed by atoms with Gasteiger partial charge in [0.2, 0.25) is 10.0 Å². The molecule has 1 aromatic rings. The fraction of sp³-hybridized carbons (Fsp3) is 0.571. The van der Waals surface area contributed by atoms with E-state index in [0.717, 1.165) is 31.2 Å². The lowest BCUT2D eigenvalue weighted by Gasteiger charge is -2.41. The quantitative estimate of drug-likeness (QED) is 0.833. The summed E-state index contributed by atoms with van der Waals surface area (Å²) in [6.45, 7) is 5.63. The van der Waals surface area contributed by atoms with E-state index in [4.69, 9.17) is 5.73 Å². The molecule has 0 radical (unpaired) electrons. The van der Waals surface area contributed by atoms with Gasteiger partial charge in [0, 0.05) is 5.54 Å². The van der Waals surface area contributed by atoms with Gasteiger partial charge in [-0.3, -0.25) is 0 Å². The highest BCUT2D eigenvalue weighted by molar-refractivity contribution is 7.89. The summed E-state index contributed by atoms with van der Waals surface area (Å²) in [5, 5.41) is 0. The highest BCUT2D eigenvalue weighted by atomic mass is 32.2. The Balaban J connectivity index is 2.43. The van der Waals surface area contributed by atoms with Gasteiger partial charge in [-0.05, 0) is 50.7 Å². The third-order valence-corrected chi connectivity index (χ3v) is 6.00. The third kappa shape index (κ3) is 2.49. The molecule has 0 bridgehead atoms. The second kappa shape index (κ2) is 4.80. The van der Waals surface area contributed by atoms with Crippen molar-refractivity contribution in [2.24, 2.45) is 0 Å². The van der Waals surface area contributed by atoms with Gasteiger partial charge in [0.05, 0.1) is 5.69 Å². The number of aryl methyl sites for hydroxylation is 2. The lowest BCUT2D eigenvalue weighted by molar-refractivity contribution is 0.214. The van der Waals surface area contributed by atoms with Gasteiger partial charge < -0.3 is 5.73 Å². The van der Waals surface area contributed by atoms with Gasteiger partial charge in [-0.25, -0.2) is 13.1 Å². The molecule has 1 aromatic carbocycles. The molecule has 106 valence electrons. The van der Waals surface area contributed by atoms with Crippen LogP contribution >= 0.6 is 0 Å². The van der Waals surface area contributed by atoms with Crippen LogP contribution in [0.3, 0.4) is 0 Å². The maximum absolute atomic E-state index is 12.6. The minimum Gasteiger partial charge on any atom is -0.397 e. The molecule has 0 heterocycles. The number of nitrogens with one attached hydrogen (secondary N) is 1. The van der Waals surface area contributed by atoms with Crippen LogP contribution in [0.5, 0.6) is 0 Å². The van der Waals surface area contributed by atoms with Crippen LogP contribution in [-0.2, 0) is 10.0 Å². The van der Waals surface area contributed by atoms with E-state index in [9.17, 15) is 8.42 Å². The van der Waals surface area contributed by atoms with Gasteiger partial charge >= 0.3 is 0 Å². The number of nitrogens with two attached hydrogens (primary N) is 1. The van der Waals surface area contributed by atoms with Gasteiger partial charge in [0.1, 0.15) is 4.90 Å². The fourth-order valence-corrected chi connectivity index (χ4v) is 4.59. The van der Waals surface area contributed by atoms with Crippen molar-refractivity contribution < 1.29 is 8.42 Å². The van der Waals surface area contributed by atoms with Crippen LogP contribution in [-0.4, -0.2) is 14.0 Å². The molecule has 0 atom stereocenters. The fourth-order valence-electron chi connectivity index (χ4n) is 2.63. The van der Waals surface area contributed by atoms with E-state index >= 15 is 0 Å². The van der Waals surface area contributed by atoms with Gasteiger partial charge in [0.15, 0.2) is 0 Å². The van der Waals surface area contributed by atoms with Crippen molar-refractivity contribution >= 4 is 15.7 Å². The summed E-state index contributed by atoms with van der Waals surface area (Å²) in [7, 11) is -3.55. The monoisotopic (exact) mass is 282 g/mol. The number of hydrogen-bond acceptors (Lipinski definition) is 3. The first-order chi connectivity index (χ1) is 8.81. The molecular weight excluding hydrogens is 260 g/mol. The number of hydrogen-bond donors (Lipinski definition) is 2. The zero-order valence-electron chi connectivity index (χ0n) is 11.8. The van der Waals surface area contributed by atoms with Gasteiger partial charge in [-0.15, -0.1) is 0 Å². The Labute approximate surface area is 115 Å². The molecule has 0 saturated heterocycles. The summed E-state index contributed by atoms with van der Waals surface area (Å²) >= 11 is 0. The molecule has 0 aliphatic heterocycles. The van der Waals surface area contributed by atoms with E-state index in [0.29, 0.717) is 11.3 Å². The Morgan fingerprint density at radius 2 is 1.84 bits per heavy atom. The summed E-state index contributed by atoms with van der Waals surface area (Å²) in [6, 6.07) is 3.66. The summed E-state index contributed by atoms with van der Waals surface area (Å²) in [5.74, 6) is 0. The largest absolute Gasteiger partial charge is 0.397 e. The molecule has 4 nitrogen and oxygen atoms in total. The summed E-state index contributed by atoms with van der Waals surface area (Å²) in [4.78, 5) is 0.243. The number of rotatable bonds is 4. The van der Waals surface area contributed by atoms with Crippen LogP contribution in [0.15, 0.2) is 17.0 Å². The van der Waals surface area contributed by atoms with Crippen molar-refractivity contribution in [3.05, 3.63) is 23.3 Å². The van der Waals surface area contributed by atoms with Crippen molar-refractivity contribution in [1.82, 2.24) is 4.72 Å². The average molecular weight is 282 g/mol. The Hall–Kier alpha value is -1.07. The number of anilines is 1. The molecule has 2 rings (SSSR count). The molecule has 0 amide bonds. The molecule has 0 unspecified atom stereocenters.